The average molecular weight is 582 g/mol. The fourth-order valence-corrected chi connectivity index (χ4v) is 5.02. The van der Waals surface area contributed by atoms with Gasteiger partial charge in [0.2, 0.25) is 5.91 Å². The average Bonchev–Trinajstić information content (AvgIpc) is 3.31. The van der Waals surface area contributed by atoms with E-state index in [2.05, 4.69) is 4.98 Å². The van der Waals surface area contributed by atoms with Crippen LogP contribution in [0.1, 0.15) is 37.0 Å². The van der Waals surface area contributed by atoms with Crippen molar-refractivity contribution in [1.82, 2.24) is 4.98 Å². The van der Waals surface area contributed by atoms with Gasteiger partial charge in [-0.3, -0.25) is 4.79 Å². The molecule has 1 aliphatic rings. The van der Waals surface area contributed by atoms with E-state index in [9.17, 15) is 41.4 Å². The quantitative estimate of drug-likeness (QED) is 0.368. The van der Waals surface area contributed by atoms with Crippen molar-refractivity contribution in [3.8, 4) is 11.1 Å². The molecule has 0 aliphatic carbocycles. The maximum absolute atomic E-state index is 13.8. The lowest BCUT2D eigenvalue weighted by molar-refractivity contribution is -0.143. The summed E-state index contributed by atoms with van der Waals surface area (Å²) in [4.78, 5) is 21.2. The highest BCUT2D eigenvalue weighted by Gasteiger charge is 2.41. The molecule has 4 rings (SSSR count). The van der Waals surface area contributed by atoms with Crippen LogP contribution in [0.4, 0.5) is 37.8 Å². The van der Waals surface area contributed by atoms with Crippen LogP contribution in [0.5, 0.6) is 0 Å². The lowest BCUT2D eigenvalue weighted by Gasteiger charge is -2.32. The molecule has 0 saturated carbocycles. The second kappa shape index (κ2) is 11.0. The Morgan fingerprint density at radius 2 is 1.54 bits per heavy atom. The number of hydrogen-bond acceptors (Lipinski definition) is 5. The predicted molar refractivity (Wildman–Crippen MR) is 141 cm³/mol. The highest BCUT2D eigenvalue weighted by molar-refractivity contribution is 6.03. The molecule has 220 valence electrons. The Morgan fingerprint density at radius 3 is 2.07 bits per heavy atom. The van der Waals surface area contributed by atoms with Gasteiger partial charge in [0, 0.05) is 19.2 Å². The van der Waals surface area contributed by atoms with Crippen molar-refractivity contribution in [2.75, 3.05) is 30.0 Å². The number of rotatable bonds is 6. The monoisotopic (exact) mass is 581 g/mol. The third-order valence-corrected chi connectivity index (χ3v) is 7.36. The molecule has 6 nitrogen and oxygen atoms in total. The second-order valence-electron chi connectivity index (χ2n) is 10.6. The van der Waals surface area contributed by atoms with Crippen molar-refractivity contribution in [1.29, 1.82) is 0 Å². The molecule has 2 aromatic carbocycles. The summed E-state index contributed by atoms with van der Waals surface area (Å²) >= 11 is 0. The van der Waals surface area contributed by atoms with Crippen molar-refractivity contribution in [3.63, 3.8) is 0 Å². The van der Waals surface area contributed by atoms with E-state index in [0.29, 0.717) is 35.5 Å². The number of carbonyl (C=O) groups is 1. The summed E-state index contributed by atoms with van der Waals surface area (Å²) in [5, 5.41) is 19.9. The number of benzene rings is 2. The molecule has 1 aliphatic heterocycles. The first-order valence-electron chi connectivity index (χ1n) is 12.7. The van der Waals surface area contributed by atoms with E-state index in [-0.39, 0.29) is 30.9 Å². The van der Waals surface area contributed by atoms with Gasteiger partial charge in [-0.15, -0.1) is 0 Å². The number of anilines is 2. The van der Waals surface area contributed by atoms with E-state index in [1.807, 2.05) is 0 Å². The molecular formula is C29H29F6N3O3. The number of carbonyl (C=O) groups excluding carboxylic acids is 1. The van der Waals surface area contributed by atoms with Gasteiger partial charge in [0.25, 0.3) is 0 Å². The summed E-state index contributed by atoms with van der Waals surface area (Å²) in [5.41, 5.74) is -3.81. The molecule has 41 heavy (non-hydrogen) atoms. The second-order valence-corrected chi connectivity index (χ2v) is 10.6. The number of aliphatic hydroxyl groups excluding tert-OH is 2. The Balaban J connectivity index is 1.79. The van der Waals surface area contributed by atoms with Crippen LogP contribution in [0, 0.1) is 0 Å². The molecule has 12 heteroatoms. The summed E-state index contributed by atoms with van der Waals surface area (Å²) in [7, 11) is 1.38. The first kappa shape index (κ1) is 30.3. The molecular weight excluding hydrogens is 552 g/mol. The van der Waals surface area contributed by atoms with E-state index in [1.165, 1.54) is 27.1 Å². The molecule has 3 aromatic rings. The molecule has 2 heterocycles. The Labute approximate surface area is 232 Å². The van der Waals surface area contributed by atoms with Crippen LogP contribution < -0.4 is 9.80 Å². The fraction of sp³-hybridized carbons (Fsp3) is 0.379. The van der Waals surface area contributed by atoms with E-state index in [0.717, 1.165) is 4.90 Å². The maximum Gasteiger partial charge on any atom is 0.416 e. The number of pyridine rings is 1. The van der Waals surface area contributed by atoms with Crippen LogP contribution in [-0.4, -0.2) is 53.4 Å². The Hall–Kier alpha value is -3.64. The van der Waals surface area contributed by atoms with Gasteiger partial charge in [0.1, 0.15) is 5.82 Å². The van der Waals surface area contributed by atoms with Crippen molar-refractivity contribution in [2.24, 2.45) is 0 Å². The number of aliphatic hydroxyl groups is 2. The number of nitrogens with zero attached hydrogens (tertiary/aromatic N) is 3. The number of halogens is 6. The van der Waals surface area contributed by atoms with E-state index >= 15 is 0 Å². The third kappa shape index (κ3) is 6.18. The molecule has 0 spiro atoms. The lowest BCUT2D eigenvalue weighted by Crippen LogP contribution is -2.42. The molecule has 1 saturated heterocycles. The fourth-order valence-electron chi connectivity index (χ4n) is 5.02. The van der Waals surface area contributed by atoms with Gasteiger partial charge in [-0.2, -0.15) is 26.3 Å². The Kier molecular flexibility index (Phi) is 8.12. The minimum absolute atomic E-state index is 0.0266. The minimum Gasteiger partial charge on any atom is -0.394 e. The van der Waals surface area contributed by atoms with Gasteiger partial charge < -0.3 is 20.0 Å². The van der Waals surface area contributed by atoms with Crippen molar-refractivity contribution in [3.05, 3.63) is 77.5 Å². The summed E-state index contributed by atoms with van der Waals surface area (Å²) in [6, 6.07) is 11.3. The SMILES string of the molecule is CN(C(=O)C(C)(C)c1cc(C(F)(F)F)cc(C(F)(F)F)c1)c1cnc(N2C[C@H](O)C[C@H]2CO)cc1-c1ccccc1. The number of hydrogen-bond donors (Lipinski definition) is 2. The molecule has 0 bridgehead atoms. The molecule has 2 N–H and O–H groups in total. The summed E-state index contributed by atoms with van der Waals surface area (Å²) in [6.07, 6.45) is -9.07. The number of likely N-dealkylation sites (N-methyl/N-ethyl adjacent to an activating group) is 1. The first-order chi connectivity index (χ1) is 19.0. The zero-order chi connectivity index (χ0) is 30.3. The van der Waals surface area contributed by atoms with Crippen molar-refractivity contribution in [2.45, 2.75) is 50.2 Å². The van der Waals surface area contributed by atoms with E-state index in [4.69, 9.17) is 0 Å². The number of amides is 1. The molecule has 2 atom stereocenters. The Bertz CT molecular complexity index is 1380. The Morgan fingerprint density at radius 1 is 0.976 bits per heavy atom. The van der Waals surface area contributed by atoms with Crippen LogP contribution in [0.15, 0.2) is 60.8 Å². The van der Waals surface area contributed by atoms with Crippen LogP contribution in [0.25, 0.3) is 11.1 Å². The van der Waals surface area contributed by atoms with Crippen LogP contribution >= 0.6 is 0 Å². The van der Waals surface area contributed by atoms with Crippen LogP contribution in [-0.2, 0) is 22.6 Å². The van der Waals surface area contributed by atoms with Gasteiger partial charge in [0.15, 0.2) is 0 Å². The molecule has 0 unspecified atom stereocenters. The van der Waals surface area contributed by atoms with Crippen molar-refractivity contribution < 1.29 is 41.4 Å². The summed E-state index contributed by atoms with van der Waals surface area (Å²) in [5.74, 6) is -0.336. The van der Waals surface area contributed by atoms with Gasteiger partial charge in [0.05, 0.1) is 47.2 Å². The predicted octanol–water partition coefficient (Wildman–Crippen LogP) is 5.66. The van der Waals surface area contributed by atoms with Crippen LogP contribution in [0.2, 0.25) is 0 Å². The van der Waals surface area contributed by atoms with Crippen molar-refractivity contribution >= 4 is 17.4 Å². The molecule has 1 amide bonds. The zero-order valence-electron chi connectivity index (χ0n) is 22.5. The highest BCUT2D eigenvalue weighted by atomic mass is 19.4. The smallest absolute Gasteiger partial charge is 0.394 e. The number of aromatic nitrogens is 1. The topological polar surface area (TPSA) is 76.9 Å². The highest BCUT2D eigenvalue weighted by Crippen LogP contribution is 2.41. The minimum atomic E-state index is -5.06. The van der Waals surface area contributed by atoms with E-state index in [1.54, 1.807) is 41.3 Å². The number of alkyl halides is 6. The summed E-state index contributed by atoms with van der Waals surface area (Å²) < 4.78 is 81.2. The molecule has 0 radical (unpaired) electrons. The van der Waals surface area contributed by atoms with Gasteiger partial charge in [-0.05, 0) is 55.7 Å². The summed E-state index contributed by atoms with van der Waals surface area (Å²) in [6.45, 7) is 2.54. The normalized spacial score (nSPS) is 18.1. The van der Waals surface area contributed by atoms with Crippen LogP contribution in [0.3, 0.4) is 0 Å². The van der Waals surface area contributed by atoms with E-state index < -0.39 is 46.5 Å². The largest absolute Gasteiger partial charge is 0.416 e. The maximum atomic E-state index is 13.8. The third-order valence-electron chi connectivity index (χ3n) is 7.36. The zero-order valence-corrected chi connectivity index (χ0v) is 22.5. The standard InChI is InChI=1S/C29H29F6N3O3/c1-27(2,18-9-19(28(30,31)32)11-20(10-18)29(33,34)35)26(41)37(3)24-14-36-25(38-15-22(40)12-21(38)16-39)13-23(24)17-7-5-4-6-8-17/h4-11,13-14,21-22,39-40H,12,15-16H2,1-3H3/t21-,22+/m0/s1. The number of β-amino-alcohol motifs (C(OH)–C–C–N with tert-alkyl or cyclic N) is 1. The van der Waals surface area contributed by atoms with Gasteiger partial charge in [-0.1, -0.05) is 30.3 Å². The van der Waals surface area contributed by atoms with Gasteiger partial charge in [-0.25, -0.2) is 4.98 Å². The first-order valence-corrected chi connectivity index (χ1v) is 12.7. The van der Waals surface area contributed by atoms with Gasteiger partial charge >= 0.3 is 12.4 Å². The molecule has 1 fully saturated rings. The lowest BCUT2D eigenvalue weighted by atomic mass is 9.81. The molecule has 1 aromatic heterocycles.